The van der Waals surface area contributed by atoms with Crippen molar-refractivity contribution < 1.29 is 14.3 Å². The number of hydrogen-bond donors (Lipinski definition) is 2. The third kappa shape index (κ3) is 4.67. The van der Waals surface area contributed by atoms with E-state index in [1.54, 1.807) is 6.20 Å². The Kier molecular flexibility index (Phi) is 6.73. The Bertz CT molecular complexity index is 1600. The lowest BCUT2D eigenvalue weighted by molar-refractivity contribution is -0.122. The van der Waals surface area contributed by atoms with Gasteiger partial charge in [-0.15, -0.1) is 0 Å². The normalized spacial score (nSPS) is 18.1. The summed E-state index contributed by atoms with van der Waals surface area (Å²) in [4.78, 5) is 31.9. The number of aromatic nitrogens is 2. The van der Waals surface area contributed by atoms with Gasteiger partial charge in [0.05, 0.1) is 17.8 Å². The maximum Gasteiger partial charge on any atom is 0.252 e. The van der Waals surface area contributed by atoms with Crippen LogP contribution < -0.4 is 15.4 Å². The lowest BCUT2D eigenvalue weighted by atomic mass is 9.82. The summed E-state index contributed by atoms with van der Waals surface area (Å²) in [6.45, 7) is 1.20. The predicted octanol–water partition coefficient (Wildman–Crippen LogP) is 6.82. The van der Waals surface area contributed by atoms with E-state index in [4.69, 9.17) is 4.74 Å². The molecule has 7 rings (SSSR count). The first-order valence-corrected chi connectivity index (χ1v) is 15.1. The molecule has 0 spiro atoms. The van der Waals surface area contributed by atoms with Crippen LogP contribution in [0, 0.1) is 0 Å². The van der Waals surface area contributed by atoms with Gasteiger partial charge in [0.25, 0.3) is 5.91 Å². The van der Waals surface area contributed by atoms with Gasteiger partial charge >= 0.3 is 0 Å². The monoisotopic (exact) mass is 548 g/mol. The zero-order valence-corrected chi connectivity index (χ0v) is 23.3. The quantitative estimate of drug-likeness (QED) is 0.286. The Balaban J connectivity index is 1.27. The van der Waals surface area contributed by atoms with Crippen LogP contribution in [-0.2, 0) is 11.3 Å². The highest BCUT2D eigenvalue weighted by molar-refractivity contribution is 6.06. The number of pyridine rings is 1. The number of para-hydroxylation sites is 1. The molecule has 210 valence electrons. The summed E-state index contributed by atoms with van der Waals surface area (Å²) in [5.74, 6) is 0.792. The molecule has 0 atom stereocenters. The average molecular weight is 549 g/mol. The van der Waals surface area contributed by atoms with Crippen LogP contribution in [0.1, 0.15) is 79.6 Å². The van der Waals surface area contributed by atoms with E-state index in [1.165, 1.54) is 48.7 Å². The molecular weight excluding hydrogens is 512 g/mol. The molecule has 2 aliphatic carbocycles. The smallest absolute Gasteiger partial charge is 0.252 e. The summed E-state index contributed by atoms with van der Waals surface area (Å²) in [6.07, 6.45) is 11.0. The fourth-order valence-electron chi connectivity index (χ4n) is 7.21. The highest BCUT2D eigenvalue weighted by Crippen LogP contribution is 2.46. The highest BCUT2D eigenvalue weighted by atomic mass is 16.5. The standard InChI is InChI=1S/C34H36N4O3/c39-31(37-34(17-7-8-18-34)33(40)36-25-12-5-2-6-13-25)24-15-16-26-28(22-24)38-20-21-41-32-27(14-9-19-35-32)30(38)29(26)23-10-3-1-4-11-23/h2,5-6,9,12-16,19,22-23H,1,3-4,7-8,10-11,17-18,20-21H2,(H,36,40)(H,37,39). The van der Waals surface area contributed by atoms with Gasteiger partial charge < -0.3 is 19.9 Å². The third-order valence-corrected chi connectivity index (χ3v) is 9.24. The van der Waals surface area contributed by atoms with Gasteiger partial charge in [0.15, 0.2) is 0 Å². The maximum absolute atomic E-state index is 13.8. The van der Waals surface area contributed by atoms with Gasteiger partial charge in [0.2, 0.25) is 11.8 Å². The Morgan fingerprint density at radius 1 is 0.927 bits per heavy atom. The molecule has 0 unspecified atom stereocenters. The summed E-state index contributed by atoms with van der Waals surface area (Å²) < 4.78 is 8.41. The number of carbonyl (C=O) groups excluding carboxylic acids is 2. The number of fused-ring (bicyclic) bond motifs is 5. The Hall–Kier alpha value is -4.13. The zero-order chi connectivity index (χ0) is 27.8. The first kappa shape index (κ1) is 25.8. The van der Waals surface area contributed by atoms with Gasteiger partial charge in [-0.1, -0.05) is 56.4 Å². The lowest BCUT2D eigenvalue weighted by Gasteiger charge is -2.29. The molecule has 0 bridgehead atoms. The number of ether oxygens (including phenoxy) is 1. The summed E-state index contributed by atoms with van der Waals surface area (Å²) in [5, 5.41) is 7.41. The molecule has 7 nitrogen and oxygen atoms in total. The number of nitrogens with one attached hydrogen (secondary N) is 2. The highest BCUT2D eigenvalue weighted by Gasteiger charge is 2.43. The first-order chi connectivity index (χ1) is 20.1. The van der Waals surface area contributed by atoms with E-state index in [2.05, 4.69) is 32.3 Å². The molecule has 7 heteroatoms. The second-order valence-corrected chi connectivity index (χ2v) is 11.7. The largest absolute Gasteiger partial charge is 0.475 e. The minimum absolute atomic E-state index is 0.145. The number of carbonyl (C=O) groups is 2. The van der Waals surface area contributed by atoms with Gasteiger partial charge in [-0.25, -0.2) is 4.98 Å². The molecule has 3 aliphatic rings. The SMILES string of the molecule is O=C(NC1(C(=O)Nc2ccccc2)CCCC1)c1ccc2c(C3CCCCC3)c3n(c2c1)CCOc1ncccc1-3. The van der Waals surface area contributed by atoms with E-state index in [0.29, 0.717) is 43.4 Å². The minimum Gasteiger partial charge on any atom is -0.475 e. The topological polar surface area (TPSA) is 85.2 Å². The predicted molar refractivity (Wildman–Crippen MR) is 160 cm³/mol. The Morgan fingerprint density at radius 2 is 1.73 bits per heavy atom. The van der Waals surface area contributed by atoms with Crippen LogP contribution in [0.3, 0.4) is 0 Å². The van der Waals surface area contributed by atoms with Gasteiger partial charge in [-0.3, -0.25) is 9.59 Å². The van der Waals surface area contributed by atoms with Crippen molar-refractivity contribution >= 4 is 28.4 Å². The van der Waals surface area contributed by atoms with Crippen LogP contribution in [0.2, 0.25) is 0 Å². The van der Waals surface area contributed by atoms with Crippen LogP contribution in [0.5, 0.6) is 5.88 Å². The Labute approximate surface area is 240 Å². The molecule has 2 aromatic heterocycles. The van der Waals surface area contributed by atoms with Crippen molar-refractivity contribution in [2.24, 2.45) is 0 Å². The molecule has 2 saturated carbocycles. The van der Waals surface area contributed by atoms with Crippen LogP contribution in [0.15, 0.2) is 66.9 Å². The molecule has 0 saturated heterocycles. The van der Waals surface area contributed by atoms with Crippen molar-refractivity contribution in [1.82, 2.24) is 14.9 Å². The van der Waals surface area contributed by atoms with Gasteiger partial charge in [0.1, 0.15) is 12.1 Å². The molecule has 41 heavy (non-hydrogen) atoms. The second-order valence-electron chi connectivity index (χ2n) is 11.7. The molecule has 0 radical (unpaired) electrons. The minimum atomic E-state index is -0.913. The van der Waals surface area contributed by atoms with Crippen LogP contribution in [0.4, 0.5) is 5.69 Å². The molecule has 2 N–H and O–H groups in total. The molecule has 2 fully saturated rings. The van der Waals surface area contributed by atoms with Crippen molar-refractivity contribution in [3.05, 3.63) is 78.0 Å². The van der Waals surface area contributed by atoms with Gasteiger partial charge in [-0.05, 0) is 73.6 Å². The summed E-state index contributed by atoms with van der Waals surface area (Å²) in [6, 6.07) is 19.6. The van der Waals surface area contributed by atoms with Crippen LogP contribution in [0.25, 0.3) is 22.2 Å². The summed E-state index contributed by atoms with van der Waals surface area (Å²) in [5.41, 5.74) is 5.01. The average Bonchev–Trinajstić information content (AvgIpc) is 3.56. The number of amides is 2. The van der Waals surface area contributed by atoms with Crippen molar-refractivity contribution in [3.63, 3.8) is 0 Å². The molecule has 2 aromatic carbocycles. The number of hydrogen-bond acceptors (Lipinski definition) is 4. The number of benzene rings is 2. The number of rotatable bonds is 5. The Morgan fingerprint density at radius 3 is 2.54 bits per heavy atom. The second kappa shape index (κ2) is 10.7. The van der Waals surface area contributed by atoms with Crippen LogP contribution in [-0.4, -0.2) is 33.5 Å². The summed E-state index contributed by atoms with van der Waals surface area (Å²) in [7, 11) is 0. The van der Waals surface area contributed by atoms with Gasteiger partial charge in [0, 0.05) is 28.4 Å². The third-order valence-electron chi connectivity index (χ3n) is 9.24. The summed E-state index contributed by atoms with van der Waals surface area (Å²) >= 11 is 0. The van der Waals surface area contributed by atoms with Crippen molar-refractivity contribution in [1.29, 1.82) is 0 Å². The fourth-order valence-corrected chi connectivity index (χ4v) is 7.21. The number of nitrogens with zero attached hydrogens (tertiary/aromatic N) is 2. The molecule has 3 heterocycles. The van der Waals surface area contributed by atoms with E-state index in [-0.39, 0.29) is 11.8 Å². The van der Waals surface area contributed by atoms with E-state index in [9.17, 15) is 9.59 Å². The van der Waals surface area contributed by atoms with E-state index >= 15 is 0 Å². The van der Waals surface area contributed by atoms with Crippen LogP contribution >= 0.6 is 0 Å². The van der Waals surface area contributed by atoms with E-state index in [1.807, 2.05) is 48.5 Å². The fraction of sp³-hybridized carbons (Fsp3) is 0.382. The molecule has 1 aliphatic heterocycles. The van der Waals surface area contributed by atoms with Crippen molar-refractivity contribution in [3.8, 4) is 17.1 Å². The first-order valence-electron chi connectivity index (χ1n) is 15.1. The van der Waals surface area contributed by atoms with E-state index in [0.717, 1.165) is 29.6 Å². The number of anilines is 1. The zero-order valence-electron chi connectivity index (χ0n) is 23.3. The molecule has 2 amide bonds. The molecule has 4 aromatic rings. The van der Waals surface area contributed by atoms with Gasteiger partial charge in [-0.2, -0.15) is 0 Å². The maximum atomic E-state index is 13.8. The molecular formula is C34H36N4O3. The van der Waals surface area contributed by atoms with Crippen molar-refractivity contribution in [2.45, 2.75) is 75.8 Å². The van der Waals surface area contributed by atoms with Crippen molar-refractivity contribution in [2.75, 3.05) is 11.9 Å². The lowest BCUT2D eigenvalue weighted by Crippen LogP contribution is -2.55. The van der Waals surface area contributed by atoms with E-state index < -0.39 is 5.54 Å².